The van der Waals surface area contributed by atoms with Crippen LogP contribution in [0.25, 0.3) is 0 Å². The summed E-state index contributed by atoms with van der Waals surface area (Å²) in [6.45, 7) is 0. The summed E-state index contributed by atoms with van der Waals surface area (Å²) < 4.78 is 23.6. The minimum atomic E-state index is -3.55. The Kier molecular flexibility index (Phi) is 4.00. The van der Waals surface area contributed by atoms with Crippen LogP contribution < -0.4 is 4.83 Å². The second kappa shape index (κ2) is 5.51. The van der Waals surface area contributed by atoms with Gasteiger partial charge in [0.05, 0.1) is 6.21 Å². The molecule has 0 spiro atoms. The van der Waals surface area contributed by atoms with E-state index < -0.39 is 10.0 Å². The third-order valence-electron chi connectivity index (χ3n) is 2.02. The van der Waals surface area contributed by atoms with E-state index in [0.717, 1.165) is 16.9 Å². The smallest absolute Gasteiger partial charge is 0.199 e. The number of sulfonamides is 1. The van der Waals surface area contributed by atoms with Crippen molar-refractivity contribution in [1.82, 2.24) is 4.83 Å². The summed E-state index contributed by atoms with van der Waals surface area (Å²) in [6.07, 6.45) is 1.42. The Bertz CT molecular complexity index is 634. The second-order valence-corrected chi connectivity index (χ2v) is 6.61. The molecule has 0 saturated carbocycles. The van der Waals surface area contributed by atoms with Crippen LogP contribution >= 0.6 is 22.9 Å². The molecule has 0 amide bonds. The molecule has 0 fully saturated rings. The number of halogens is 1. The number of nitrogens with zero attached hydrogens (tertiary/aromatic N) is 1. The van der Waals surface area contributed by atoms with Gasteiger partial charge in [0.1, 0.15) is 4.21 Å². The lowest BCUT2D eigenvalue weighted by atomic mass is 10.2. The number of hydrazone groups is 1. The predicted octanol–water partition coefficient (Wildman–Crippen LogP) is 2.71. The fourth-order valence-corrected chi connectivity index (χ4v) is 3.08. The van der Waals surface area contributed by atoms with Crippen LogP contribution in [0.1, 0.15) is 5.56 Å². The van der Waals surface area contributed by atoms with Crippen LogP contribution in [-0.4, -0.2) is 14.6 Å². The first-order chi connectivity index (χ1) is 8.58. The van der Waals surface area contributed by atoms with E-state index in [1.165, 1.54) is 12.3 Å². The average Bonchev–Trinajstić information content (AvgIpc) is 2.86. The van der Waals surface area contributed by atoms with Crippen molar-refractivity contribution in [3.05, 3.63) is 52.4 Å². The maximum atomic E-state index is 11.7. The third kappa shape index (κ3) is 3.32. The van der Waals surface area contributed by atoms with Crippen LogP contribution in [0.5, 0.6) is 0 Å². The lowest BCUT2D eigenvalue weighted by Crippen LogP contribution is -2.17. The highest BCUT2D eigenvalue weighted by atomic mass is 35.5. The largest absolute Gasteiger partial charge is 0.286 e. The fourth-order valence-electron chi connectivity index (χ4n) is 1.18. The van der Waals surface area contributed by atoms with Gasteiger partial charge in [-0.2, -0.15) is 18.4 Å². The van der Waals surface area contributed by atoms with Crippen LogP contribution in [0.4, 0.5) is 0 Å². The number of thiophene rings is 1. The van der Waals surface area contributed by atoms with Gasteiger partial charge in [-0.1, -0.05) is 29.8 Å². The van der Waals surface area contributed by atoms with Gasteiger partial charge >= 0.3 is 0 Å². The van der Waals surface area contributed by atoms with Crippen LogP contribution in [0, 0.1) is 0 Å². The summed E-state index contributed by atoms with van der Waals surface area (Å²) in [5, 5.41) is 6.01. The monoisotopic (exact) mass is 300 g/mol. The molecule has 1 heterocycles. The van der Waals surface area contributed by atoms with E-state index in [1.807, 2.05) is 0 Å². The molecule has 0 aliphatic heterocycles. The van der Waals surface area contributed by atoms with Crippen molar-refractivity contribution < 1.29 is 8.42 Å². The van der Waals surface area contributed by atoms with Gasteiger partial charge in [0.15, 0.2) is 0 Å². The van der Waals surface area contributed by atoms with Gasteiger partial charge in [0.25, 0.3) is 10.0 Å². The van der Waals surface area contributed by atoms with E-state index in [0.29, 0.717) is 5.02 Å². The minimum Gasteiger partial charge on any atom is -0.199 e. The molecule has 2 aromatic rings. The van der Waals surface area contributed by atoms with E-state index in [4.69, 9.17) is 11.6 Å². The molecule has 7 heteroatoms. The van der Waals surface area contributed by atoms with Crippen LogP contribution in [0.15, 0.2) is 51.1 Å². The van der Waals surface area contributed by atoms with Gasteiger partial charge in [0.2, 0.25) is 0 Å². The van der Waals surface area contributed by atoms with Gasteiger partial charge in [-0.05, 0) is 29.1 Å². The Morgan fingerprint density at radius 3 is 2.56 bits per heavy atom. The molecule has 1 aromatic carbocycles. The molecule has 4 nitrogen and oxygen atoms in total. The van der Waals surface area contributed by atoms with Gasteiger partial charge < -0.3 is 0 Å². The number of nitrogens with one attached hydrogen (secondary N) is 1. The molecule has 18 heavy (non-hydrogen) atoms. The number of hydrogen-bond acceptors (Lipinski definition) is 4. The first kappa shape index (κ1) is 13.1. The van der Waals surface area contributed by atoms with Gasteiger partial charge in [-0.25, -0.2) is 0 Å². The van der Waals surface area contributed by atoms with E-state index in [9.17, 15) is 8.42 Å². The predicted molar refractivity (Wildman–Crippen MR) is 73.7 cm³/mol. The van der Waals surface area contributed by atoms with Crippen molar-refractivity contribution in [2.75, 3.05) is 0 Å². The highest BCUT2D eigenvalue weighted by Gasteiger charge is 2.12. The molecule has 0 atom stereocenters. The Morgan fingerprint density at radius 1 is 1.22 bits per heavy atom. The molecule has 0 unspecified atom stereocenters. The molecule has 0 aliphatic carbocycles. The molecule has 94 valence electrons. The number of rotatable bonds is 4. The van der Waals surface area contributed by atoms with Crippen molar-refractivity contribution in [3.63, 3.8) is 0 Å². The molecule has 1 N–H and O–H groups in total. The second-order valence-electron chi connectivity index (χ2n) is 3.34. The van der Waals surface area contributed by atoms with Gasteiger partial charge in [0, 0.05) is 5.02 Å². The molecular formula is C11H9ClN2O2S2. The summed E-state index contributed by atoms with van der Waals surface area (Å²) in [4.78, 5) is 2.14. The highest BCUT2D eigenvalue weighted by Crippen LogP contribution is 2.15. The maximum absolute atomic E-state index is 11.7. The zero-order chi connectivity index (χ0) is 13.0. The zero-order valence-electron chi connectivity index (χ0n) is 9.08. The topological polar surface area (TPSA) is 58.5 Å². The van der Waals surface area contributed by atoms with E-state index >= 15 is 0 Å². The Morgan fingerprint density at radius 2 is 1.94 bits per heavy atom. The Balaban J connectivity index is 2.06. The summed E-state index contributed by atoms with van der Waals surface area (Å²) in [5.74, 6) is 0. The third-order valence-corrected chi connectivity index (χ3v) is 4.89. The standard InChI is InChI=1S/C11H9ClN2O2S2/c12-10-5-3-9(4-6-10)8-13-14-18(15,16)11-2-1-7-17-11/h1-8,14H/b13-8+. The number of hydrogen-bond donors (Lipinski definition) is 1. The first-order valence-corrected chi connectivity index (χ1v) is 7.66. The summed E-state index contributed by atoms with van der Waals surface area (Å²) in [5.41, 5.74) is 0.758. The van der Waals surface area contributed by atoms with Crippen molar-refractivity contribution in [1.29, 1.82) is 0 Å². The average molecular weight is 301 g/mol. The summed E-state index contributed by atoms with van der Waals surface area (Å²) >= 11 is 6.87. The molecule has 0 radical (unpaired) electrons. The van der Waals surface area contributed by atoms with Gasteiger partial charge in [-0.3, -0.25) is 0 Å². The van der Waals surface area contributed by atoms with Gasteiger partial charge in [-0.15, -0.1) is 11.3 Å². The molecule has 0 saturated heterocycles. The minimum absolute atomic E-state index is 0.232. The molecule has 2 rings (SSSR count). The lowest BCUT2D eigenvalue weighted by Gasteiger charge is -1.99. The van der Waals surface area contributed by atoms with Crippen molar-refractivity contribution in [3.8, 4) is 0 Å². The SMILES string of the molecule is O=S(=O)(N/N=C/c1ccc(Cl)cc1)c1cccs1. The van der Waals surface area contributed by atoms with Crippen LogP contribution in [-0.2, 0) is 10.0 Å². The van der Waals surface area contributed by atoms with Crippen LogP contribution in [0.2, 0.25) is 5.02 Å². The van der Waals surface area contributed by atoms with Crippen molar-refractivity contribution >= 4 is 39.2 Å². The lowest BCUT2D eigenvalue weighted by molar-refractivity contribution is 0.587. The molecule has 0 aliphatic rings. The number of benzene rings is 1. The van der Waals surface area contributed by atoms with Crippen molar-refractivity contribution in [2.24, 2.45) is 5.10 Å². The maximum Gasteiger partial charge on any atom is 0.286 e. The van der Waals surface area contributed by atoms with Crippen LogP contribution in [0.3, 0.4) is 0 Å². The fraction of sp³-hybridized carbons (Fsp3) is 0. The van der Waals surface area contributed by atoms with E-state index in [1.54, 1.807) is 35.7 Å². The Labute approximate surface area is 114 Å². The first-order valence-electron chi connectivity index (χ1n) is 4.92. The molecular weight excluding hydrogens is 292 g/mol. The van der Waals surface area contributed by atoms with Crippen molar-refractivity contribution in [2.45, 2.75) is 4.21 Å². The summed E-state index contributed by atoms with van der Waals surface area (Å²) in [7, 11) is -3.55. The zero-order valence-corrected chi connectivity index (χ0v) is 11.5. The highest BCUT2D eigenvalue weighted by molar-refractivity contribution is 7.91. The normalized spacial score (nSPS) is 11.8. The quantitative estimate of drug-likeness (QED) is 0.697. The summed E-state index contributed by atoms with van der Waals surface area (Å²) in [6, 6.07) is 10.1. The molecule has 0 bridgehead atoms. The molecule has 1 aromatic heterocycles. The Hall–Kier alpha value is -1.37. The van der Waals surface area contributed by atoms with E-state index in [2.05, 4.69) is 9.93 Å². The van der Waals surface area contributed by atoms with E-state index in [-0.39, 0.29) is 4.21 Å².